The highest BCUT2D eigenvalue weighted by atomic mass is 35.5. The molecular weight excluding hydrogens is 499 g/mol. The van der Waals surface area contributed by atoms with Crippen LogP contribution in [0.1, 0.15) is 54.4 Å². The van der Waals surface area contributed by atoms with Crippen LogP contribution in [0, 0.1) is 5.82 Å². The van der Waals surface area contributed by atoms with Crippen molar-refractivity contribution in [1.29, 1.82) is 0 Å². The largest absolute Gasteiger partial charge is 0.444 e. The van der Waals surface area contributed by atoms with Crippen molar-refractivity contribution in [2.24, 2.45) is 0 Å². The van der Waals surface area contributed by atoms with Gasteiger partial charge in [0, 0.05) is 37.9 Å². The monoisotopic (exact) mass is 532 g/mol. The lowest BCUT2D eigenvalue weighted by molar-refractivity contribution is 0.0218. The van der Waals surface area contributed by atoms with Gasteiger partial charge in [0.1, 0.15) is 11.4 Å². The number of piperazine rings is 1. The van der Waals surface area contributed by atoms with Gasteiger partial charge in [-0.05, 0) is 52.7 Å². The van der Waals surface area contributed by atoms with Crippen molar-refractivity contribution in [2.45, 2.75) is 66.0 Å². The SMILES string of the molecule is CCCC1=C(n2c(=O)nc(N3CCN(C(=O)OC(C)(C)C)C[C@@H]3C)c3cc(F)c(Cl)nc32)C(C)=CCN1. The van der Waals surface area contributed by atoms with E-state index in [1.165, 1.54) is 10.6 Å². The van der Waals surface area contributed by atoms with Crippen LogP contribution in [0.4, 0.5) is 15.0 Å². The van der Waals surface area contributed by atoms with E-state index >= 15 is 0 Å². The summed E-state index contributed by atoms with van der Waals surface area (Å²) < 4.78 is 21.7. The number of anilines is 1. The van der Waals surface area contributed by atoms with Crippen LogP contribution < -0.4 is 15.9 Å². The zero-order chi connectivity index (χ0) is 27.1. The molecular formula is C26H34ClFN6O3. The molecule has 37 heavy (non-hydrogen) atoms. The number of amides is 1. The summed E-state index contributed by atoms with van der Waals surface area (Å²) in [5.41, 5.74) is 1.58. The lowest BCUT2D eigenvalue weighted by Crippen LogP contribution is -2.55. The van der Waals surface area contributed by atoms with Gasteiger partial charge in [0.05, 0.1) is 11.1 Å². The van der Waals surface area contributed by atoms with Crippen molar-refractivity contribution >= 4 is 40.2 Å². The molecule has 200 valence electrons. The van der Waals surface area contributed by atoms with Crippen LogP contribution in [0.3, 0.4) is 0 Å². The summed E-state index contributed by atoms with van der Waals surface area (Å²) in [5.74, 6) is -0.377. The van der Waals surface area contributed by atoms with Crippen molar-refractivity contribution in [1.82, 2.24) is 24.8 Å². The van der Waals surface area contributed by atoms with Crippen molar-refractivity contribution in [2.75, 3.05) is 31.1 Å². The van der Waals surface area contributed by atoms with Gasteiger partial charge in [0.2, 0.25) is 0 Å². The minimum absolute atomic E-state index is 0.209. The van der Waals surface area contributed by atoms with Crippen LogP contribution in [0.5, 0.6) is 0 Å². The molecule has 0 spiro atoms. The number of fused-ring (bicyclic) bond motifs is 1. The number of dihydropyridines is 1. The second-order valence-corrected chi connectivity index (χ2v) is 10.9. The van der Waals surface area contributed by atoms with Gasteiger partial charge in [-0.25, -0.2) is 23.5 Å². The van der Waals surface area contributed by atoms with Gasteiger partial charge in [-0.2, -0.15) is 4.98 Å². The number of nitrogens with zero attached hydrogens (tertiary/aromatic N) is 5. The van der Waals surface area contributed by atoms with Crippen molar-refractivity contribution in [3.8, 4) is 0 Å². The second-order valence-electron chi connectivity index (χ2n) is 10.5. The van der Waals surface area contributed by atoms with E-state index in [1.807, 2.05) is 45.6 Å². The third-order valence-corrected chi connectivity index (χ3v) is 6.68. The first-order chi connectivity index (χ1) is 17.4. The van der Waals surface area contributed by atoms with Gasteiger partial charge in [-0.3, -0.25) is 0 Å². The molecule has 2 aromatic rings. The van der Waals surface area contributed by atoms with E-state index < -0.39 is 23.2 Å². The molecule has 2 aliphatic rings. The first-order valence-corrected chi connectivity index (χ1v) is 13.0. The highest BCUT2D eigenvalue weighted by Crippen LogP contribution is 2.32. The topological polar surface area (TPSA) is 92.6 Å². The number of rotatable bonds is 4. The highest BCUT2D eigenvalue weighted by Gasteiger charge is 2.33. The van der Waals surface area contributed by atoms with Gasteiger partial charge in [0.25, 0.3) is 0 Å². The number of hydrogen-bond acceptors (Lipinski definition) is 7. The number of allylic oxidation sites excluding steroid dienone is 3. The van der Waals surface area contributed by atoms with E-state index in [0.717, 1.165) is 24.1 Å². The van der Waals surface area contributed by atoms with Crippen LogP contribution in [-0.4, -0.2) is 63.4 Å². The Morgan fingerprint density at radius 1 is 1.30 bits per heavy atom. The molecule has 1 saturated heterocycles. The molecule has 1 atom stereocenters. The normalized spacial score (nSPS) is 18.7. The van der Waals surface area contributed by atoms with Gasteiger partial charge in [0.15, 0.2) is 16.6 Å². The fourth-order valence-corrected chi connectivity index (χ4v) is 4.92. The summed E-state index contributed by atoms with van der Waals surface area (Å²) in [6.45, 7) is 13.2. The third-order valence-electron chi connectivity index (χ3n) is 6.42. The third kappa shape index (κ3) is 5.44. The quantitative estimate of drug-likeness (QED) is 0.577. The molecule has 0 bridgehead atoms. The molecule has 0 aromatic carbocycles. The summed E-state index contributed by atoms with van der Waals surface area (Å²) in [7, 11) is 0. The molecule has 11 heteroatoms. The minimum Gasteiger partial charge on any atom is -0.444 e. The van der Waals surface area contributed by atoms with E-state index in [0.29, 0.717) is 43.1 Å². The lowest BCUT2D eigenvalue weighted by Gasteiger charge is -2.41. The van der Waals surface area contributed by atoms with Gasteiger partial charge in [-0.1, -0.05) is 31.0 Å². The average molecular weight is 533 g/mol. The summed E-state index contributed by atoms with van der Waals surface area (Å²) in [6, 6.07) is 1.07. The fourth-order valence-electron chi connectivity index (χ4n) is 4.78. The van der Waals surface area contributed by atoms with Crippen molar-refractivity contribution in [3.05, 3.63) is 44.9 Å². The number of carbonyl (C=O) groups is 1. The molecule has 1 amide bonds. The number of halogens is 2. The van der Waals surface area contributed by atoms with E-state index in [2.05, 4.69) is 22.2 Å². The molecule has 1 N–H and O–H groups in total. The second kappa shape index (κ2) is 10.3. The van der Waals surface area contributed by atoms with E-state index in [9.17, 15) is 14.0 Å². The highest BCUT2D eigenvalue weighted by molar-refractivity contribution is 6.30. The molecule has 4 heterocycles. The van der Waals surface area contributed by atoms with Crippen LogP contribution in [-0.2, 0) is 4.74 Å². The molecule has 0 saturated carbocycles. The molecule has 1 fully saturated rings. The predicted octanol–water partition coefficient (Wildman–Crippen LogP) is 4.55. The number of pyridine rings is 1. The Labute approximate surface area is 220 Å². The molecule has 0 aliphatic carbocycles. The van der Waals surface area contributed by atoms with Crippen molar-refractivity contribution < 1.29 is 13.9 Å². The Balaban J connectivity index is 1.81. The Bertz CT molecular complexity index is 1350. The van der Waals surface area contributed by atoms with E-state index in [1.54, 1.807) is 4.90 Å². The summed E-state index contributed by atoms with van der Waals surface area (Å²) in [6.07, 6.45) is 3.20. The Kier molecular flexibility index (Phi) is 7.50. The standard InChI is InChI=1S/C26H34ClFN6O3/c1-7-8-19-20(15(2)9-10-29-19)34-23-17(13-18(28)21(27)30-23)22(31-24(34)35)33-12-11-32(14-16(33)3)25(36)37-26(4,5)6/h9,13,16,29H,7-8,10-12,14H2,1-6H3/t16-/m0/s1. The van der Waals surface area contributed by atoms with Gasteiger partial charge < -0.3 is 19.9 Å². The summed E-state index contributed by atoms with van der Waals surface area (Å²) >= 11 is 6.12. The molecule has 2 aliphatic heterocycles. The number of hydrogen-bond donors (Lipinski definition) is 1. The number of nitrogens with one attached hydrogen (secondary N) is 1. The zero-order valence-electron chi connectivity index (χ0n) is 22.2. The van der Waals surface area contributed by atoms with Crippen LogP contribution in [0.25, 0.3) is 16.7 Å². The molecule has 4 rings (SSSR count). The minimum atomic E-state index is -0.695. The van der Waals surface area contributed by atoms with Gasteiger partial charge in [-0.15, -0.1) is 0 Å². The van der Waals surface area contributed by atoms with Crippen LogP contribution in [0.2, 0.25) is 5.15 Å². The smallest absolute Gasteiger partial charge is 0.410 e. The number of aromatic nitrogens is 3. The first-order valence-electron chi connectivity index (χ1n) is 12.6. The molecule has 2 aromatic heterocycles. The summed E-state index contributed by atoms with van der Waals surface area (Å²) in [4.78, 5) is 38.5. The van der Waals surface area contributed by atoms with Crippen molar-refractivity contribution in [3.63, 3.8) is 0 Å². The van der Waals surface area contributed by atoms with Crippen LogP contribution in [0.15, 0.2) is 28.2 Å². The van der Waals surface area contributed by atoms with Crippen LogP contribution >= 0.6 is 11.6 Å². The maximum Gasteiger partial charge on any atom is 0.410 e. The summed E-state index contributed by atoms with van der Waals surface area (Å²) in [5, 5.41) is 3.41. The maximum atomic E-state index is 14.7. The van der Waals surface area contributed by atoms with E-state index in [4.69, 9.17) is 16.3 Å². The van der Waals surface area contributed by atoms with E-state index in [-0.39, 0.29) is 16.8 Å². The molecule has 0 unspecified atom stereocenters. The molecule has 0 radical (unpaired) electrons. The predicted molar refractivity (Wildman–Crippen MR) is 143 cm³/mol. The van der Waals surface area contributed by atoms with Gasteiger partial charge >= 0.3 is 11.8 Å². The fraction of sp³-hybridized carbons (Fsp3) is 0.538. The number of ether oxygens (including phenoxy) is 1. The lowest BCUT2D eigenvalue weighted by atomic mass is 10.0. The first kappa shape index (κ1) is 26.9. The molecule has 9 nitrogen and oxygen atoms in total. The average Bonchev–Trinajstić information content (AvgIpc) is 2.80. The Hall–Kier alpha value is -3.14. The maximum absolute atomic E-state index is 14.7. The number of carbonyl (C=O) groups excluding carboxylic acids is 1. The zero-order valence-corrected chi connectivity index (χ0v) is 22.9. The Morgan fingerprint density at radius 2 is 2.03 bits per heavy atom. The Morgan fingerprint density at radius 3 is 2.68 bits per heavy atom.